The molecule has 2 aromatic rings. The molecule has 1 aliphatic rings. The average Bonchev–Trinajstić information content (AvgIpc) is 2.50. The summed E-state index contributed by atoms with van der Waals surface area (Å²) in [7, 11) is 0. The Kier molecular flexibility index (Phi) is 4.07. The van der Waals surface area contributed by atoms with Crippen molar-refractivity contribution in [2.45, 2.75) is 31.5 Å². The average molecular weight is 338 g/mol. The molecular weight excluding hydrogens is 324 g/mol. The maximum atomic E-state index is 11.4. The van der Waals surface area contributed by atoms with Crippen molar-refractivity contribution in [3.8, 4) is 5.75 Å². The Balaban J connectivity index is 1.89. The fourth-order valence-corrected chi connectivity index (χ4v) is 2.58. The summed E-state index contributed by atoms with van der Waals surface area (Å²) in [5.41, 5.74) is 0.596. The van der Waals surface area contributed by atoms with Gasteiger partial charge in [0.05, 0.1) is 0 Å². The van der Waals surface area contributed by atoms with E-state index in [1.807, 2.05) is 0 Å². The van der Waals surface area contributed by atoms with Crippen LogP contribution in [0.3, 0.4) is 0 Å². The van der Waals surface area contributed by atoms with E-state index in [0.29, 0.717) is 5.58 Å². The summed E-state index contributed by atoms with van der Waals surface area (Å²) in [5.74, 6) is 0.252. The van der Waals surface area contributed by atoms with Crippen molar-refractivity contribution in [3.63, 3.8) is 0 Å². The van der Waals surface area contributed by atoms with Gasteiger partial charge in [-0.25, -0.2) is 4.79 Å². The lowest BCUT2D eigenvalue weighted by Crippen LogP contribution is -2.56. The number of aliphatic hydroxyl groups excluding tert-OH is 3. The lowest BCUT2D eigenvalue weighted by atomic mass is 10.1. The highest BCUT2D eigenvalue weighted by Gasteiger charge is 2.43. The van der Waals surface area contributed by atoms with E-state index in [1.165, 1.54) is 12.1 Å². The summed E-state index contributed by atoms with van der Waals surface area (Å²) in [4.78, 5) is 11.4. The van der Waals surface area contributed by atoms with Gasteiger partial charge >= 0.3 is 5.63 Å². The fraction of sp³-hybridized carbons (Fsp3) is 0.333. The predicted molar refractivity (Wildman–Crippen MR) is 83.3 cm³/mol. The van der Waals surface area contributed by atoms with E-state index in [4.69, 9.17) is 26.1 Å². The first-order valence-electron chi connectivity index (χ1n) is 6.82. The quantitative estimate of drug-likeness (QED) is 0.528. The number of aryl methyl sites for hydroxylation is 1. The number of hydrogen-bond donors (Lipinski definition) is 3. The third kappa shape index (κ3) is 2.93. The molecule has 1 saturated heterocycles. The highest BCUT2D eigenvalue weighted by molar-refractivity contribution is 7.80. The third-order valence-corrected chi connectivity index (χ3v) is 3.94. The van der Waals surface area contributed by atoms with Gasteiger partial charge in [-0.3, -0.25) is 0 Å². The summed E-state index contributed by atoms with van der Waals surface area (Å²) in [5, 5.41) is 29.6. The molecular formula is C15H14O7S. The van der Waals surface area contributed by atoms with Gasteiger partial charge in [0.25, 0.3) is 6.29 Å². The molecule has 0 aliphatic carbocycles. The Labute approximate surface area is 135 Å². The van der Waals surface area contributed by atoms with Crippen molar-refractivity contribution in [2.24, 2.45) is 0 Å². The van der Waals surface area contributed by atoms with E-state index in [9.17, 15) is 20.1 Å². The van der Waals surface area contributed by atoms with Gasteiger partial charge in [-0.1, -0.05) is 0 Å². The number of benzene rings is 1. The summed E-state index contributed by atoms with van der Waals surface area (Å²) < 4.78 is 15.7. The third-order valence-electron chi connectivity index (χ3n) is 3.60. The van der Waals surface area contributed by atoms with Gasteiger partial charge < -0.3 is 29.2 Å². The van der Waals surface area contributed by atoms with Gasteiger partial charge in [0.15, 0.2) is 17.3 Å². The van der Waals surface area contributed by atoms with Crippen LogP contribution in [0, 0.1) is 6.92 Å². The molecule has 7 nitrogen and oxygen atoms in total. The summed E-state index contributed by atoms with van der Waals surface area (Å²) >= 11 is 4.78. The van der Waals surface area contributed by atoms with Crippen molar-refractivity contribution < 1.29 is 29.2 Å². The second-order valence-corrected chi connectivity index (χ2v) is 5.66. The van der Waals surface area contributed by atoms with Gasteiger partial charge in [-0.15, -0.1) is 0 Å². The molecule has 0 spiro atoms. The maximum absolute atomic E-state index is 11.4. The molecule has 3 rings (SSSR count). The van der Waals surface area contributed by atoms with E-state index in [-0.39, 0.29) is 10.8 Å². The molecule has 0 saturated carbocycles. The smallest absolute Gasteiger partial charge is 0.336 e. The topological polar surface area (TPSA) is 109 Å². The largest absolute Gasteiger partial charge is 0.452 e. The summed E-state index contributed by atoms with van der Waals surface area (Å²) in [6.45, 7) is 1.78. The highest BCUT2D eigenvalue weighted by Crippen LogP contribution is 2.26. The molecule has 1 aromatic carbocycles. The van der Waals surface area contributed by atoms with Gasteiger partial charge in [0, 0.05) is 17.5 Å². The maximum Gasteiger partial charge on any atom is 0.336 e. The van der Waals surface area contributed by atoms with Crippen molar-refractivity contribution >= 4 is 28.2 Å². The zero-order valence-corrected chi connectivity index (χ0v) is 12.8. The molecule has 0 bridgehead atoms. The van der Waals surface area contributed by atoms with Crippen LogP contribution in [-0.4, -0.2) is 45.0 Å². The lowest BCUT2D eigenvalue weighted by Gasteiger charge is -2.35. The molecule has 1 fully saturated rings. The van der Waals surface area contributed by atoms with Crippen LogP contribution in [0.25, 0.3) is 11.0 Å². The van der Waals surface area contributed by atoms with E-state index in [2.05, 4.69) is 0 Å². The second kappa shape index (κ2) is 5.89. The van der Waals surface area contributed by atoms with Crippen LogP contribution in [0.1, 0.15) is 5.56 Å². The SMILES string of the molecule is Cc1cc(=O)oc2cc(O[C@@H]3OC(=S)[C@@H](O)[C@H](O)[C@H]3O)ccc12. The minimum Gasteiger partial charge on any atom is -0.452 e. The van der Waals surface area contributed by atoms with E-state index in [1.54, 1.807) is 19.1 Å². The van der Waals surface area contributed by atoms with Crippen LogP contribution < -0.4 is 10.4 Å². The molecule has 8 heteroatoms. The van der Waals surface area contributed by atoms with Crippen LogP contribution in [0.5, 0.6) is 5.75 Å². The molecule has 1 aromatic heterocycles. The molecule has 0 radical (unpaired) electrons. The molecule has 122 valence electrons. The Morgan fingerprint density at radius 3 is 2.65 bits per heavy atom. The van der Waals surface area contributed by atoms with E-state index in [0.717, 1.165) is 10.9 Å². The molecule has 2 heterocycles. The Hall–Kier alpha value is -2.00. The Morgan fingerprint density at radius 2 is 1.91 bits per heavy atom. The fourth-order valence-electron chi connectivity index (χ4n) is 2.35. The molecule has 1 aliphatic heterocycles. The van der Waals surface area contributed by atoms with Crippen molar-refractivity contribution in [2.75, 3.05) is 0 Å². The predicted octanol–water partition coefficient (Wildman–Crippen LogP) is 0.247. The van der Waals surface area contributed by atoms with Crippen LogP contribution in [0.2, 0.25) is 0 Å². The first kappa shape index (κ1) is 15.9. The van der Waals surface area contributed by atoms with Gasteiger partial charge in [-0.05, 0) is 36.8 Å². The normalized spacial score (nSPS) is 27.7. The lowest BCUT2D eigenvalue weighted by molar-refractivity contribution is -0.177. The van der Waals surface area contributed by atoms with Gasteiger partial charge in [0.1, 0.15) is 17.4 Å². The van der Waals surface area contributed by atoms with E-state index < -0.39 is 30.2 Å². The molecule has 3 N–H and O–H groups in total. The first-order chi connectivity index (χ1) is 10.9. The molecule has 0 unspecified atom stereocenters. The van der Waals surface area contributed by atoms with Crippen molar-refractivity contribution in [1.29, 1.82) is 0 Å². The zero-order valence-electron chi connectivity index (χ0n) is 12.0. The minimum atomic E-state index is -1.51. The van der Waals surface area contributed by atoms with Gasteiger partial charge in [0.2, 0.25) is 0 Å². The van der Waals surface area contributed by atoms with Crippen molar-refractivity contribution in [1.82, 2.24) is 0 Å². The van der Waals surface area contributed by atoms with Gasteiger partial charge in [-0.2, -0.15) is 0 Å². The minimum absolute atomic E-state index is 0.252. The zero-order chi connectivity index (χ0) is 16.7. The Bertz CT molecular complexity index is 815. The van der Waals surface area contributed by atoms with Crippen LogP contribution in [0.4, 0.5) is 0 Å². The summed E-state index contributed by atoms with van der Waals surface area (Å²) in [6, 6.07) is 6.15. The highest BCUT2D eigenvalue weighted by atomic mass is 32.1. The number of fused-ring (bicyclic) bond motifs is 1. The monoisotopic (exact) mass is 338 g/mol. The van der Waals surface area contributed by atoms with Crippen LogP contribution in [0.15, 0.2) is 33.5 Å². The number of rotatable bonds is 2. The second-order valence-electron chi connectivity index (χ2n) is 5.26. The number of thiocarbonyl (C=S) groups is 1. The number of hydrogen-bond acceptors (Lipinski definition) is 8. The number of ether oxygens (including phenoxy) is 2. The first-order valence-corrected chi connectivity index (χ1v) is 7.23. The standard InChI is InChI=1S/C15H14O7S/c1-6-4-10(16)21-9-5-7(2-3-8(6)9)20-14-12(18)11(17)13(19)15(23)22-14/h2-5,11-14,17-19H,1H3/t11-,12-,13+,14-/m1/s1. The molecule has 0 amide bonds. The van der Waals surface area contributed by atoms with Crippen LogP contribution >= 0.6 is 12.2 Å². The van der Waals surface area contributed by atoms with Crippen LogP contribution in [-0.2, 0) is 4.74 Å². The van der Waals surface area contributed by atoms with E-state index >= 15 is 0 Å². The summed E-state index contributed by atoms with van der Waals surface area (Å²) in [6.07, 6.45) is -5.74. The Morgan fingerprint density at radius 1 is 1.17 bits per heavy atom. The van der Waals surface area contributed by atoms with Crippen molar-refractivity contribution in [3.05, 3.63) is 40.2 Å². The molecule has 4 atom stereocenters. The number of aliphatic hydroxyl groups is 3. The molecule has 23 heavy (non-hydrogen) atoms.